The summed E-state index contributed by atoms with van der Waals surface area (Å²) in [7, 11) is 0. The predicted molar refractivity (Wildman–Crippen MR) is 213 cm³/mol. The summed E-state index contributed by atoms with van der Waals surface area (Å²) in [6.07, 6.45) is 0. The number of benzene rings is 8. The molecule has 0 radical (unpaired) electrons. The molecule has 0 aliphatic heterocycles. The normalized spacial score (nSPS) is 12.8. The molecule has 0 unspecified atom stereocenters. The Hall–Kier alpha value is -6.18. The number of anilines is 3. The third kappa shape index (κ3) is 5.11. The van der Waals surface area contributed by atoms with Crippen molar-refractivity contribution in [3.8, 4) is 44.5 Å². The fourth-order valence-electron chi connectivity index (χ4n) is 7.96. The molecule has 8 aromatic rings. The average Bonchev–Trinajstić information content (AvgIpc) is 3.42. The molecule has 0 heterocycles. The van der Waals surface area contributed by atoms with E-state index in [1.807, 2.05) is 0 Å². The van der Waals surface area contributed by atoms with E-state index in [1.165, 1.54) is 72.1 Å². The quantitative estimate of drug-likeness (QED) is 0.175. The molecule has 8 aromatic carbocycles. The lowest BCUT2D eigenvalue weighted by Gasteiger charge is -2.33. The molecule has 1 heteroatoms. The first-order valence-corrected chi connectivity index (χ1v) is 17.4. The standard InChI is InChI=1S/C49H37N/c1-49(2)46-25-12-11-23-44(46)45-24-14-26-47(48(45)49)50(42-22-13-21-38(31-42)39-28-27-36-19-9-10-20-37(36)29-39)43-32-40(34-15-5-3-6-16-34)30-41(33-43)35-17-7-4-8-18-35/h3-33H,1-2H3. The Morgan fingerprint density at radius 1 is 0.360 bits per heavy atom. The third-order valence-electron chi connectivity index (χ3n) is 10.4. The van der Waals surface area contributed by atoms with Crippen molar-refractivity contribution < 1.29 is 0 Å². The Balaban J connectivity index is 1.31. The van der Waals surface area contributed by atoms with Crippen LogP contribution in [0.3, 0.4) is 0 Å². The van der Waals surface area contributed by atoms with Gasteiger partial charge >= 0.3 is 0 Å². The van der Waals surface area contributed by atoms with Crippen LogP contribution < -0.4 is 4.90 Å². The molecule has 0 atom stereocenters. The van der Waals surface area contributed by atoms with Gasteiger partial charge in [0.2, 0.25) is 0 Å². The van der Waals surface area contributed by atoms with Gasteiger partial charge in [0.05, 0.1) is 5.69 Å². The zero-order valence-corrected chi connectivity index (χ0v) is 28.3. The van der Waals surface area contributed by atoms with Gasteiger partial charge in [0.1, 0.15) is 0 Å². The van der Waals surface area contributed by atoms with Crippen molar-refractivity contribution in [2.45, 2.75) is 19.3 Å². The Morgan fingerprint density at radius 2 is 0.920 bits per heavy atom. The second-order valence-corrected chi connectivity index (χ2v) is 13.8. The largest absolute Gasteiger partial charge is 0.310 e. The van der Waals surface area contributed by atoms with Gasteiger partial charge < -0.3 is 4.90 Å². The molecule has 0 saturated carbocycles. The summed E-state index contributed by atoms with van der Waals surface area (Å²) in [6, 6.07) is 68.7. The molecular formula is C49H37N. The summed E-state index contributed by atoms with van der Waals surface area (Å²) in [5.74, 6) is 0. The van der Waals surface area contributed by atoms with E-state index in [4.69, 9.17) is 0 Å². The fourth-order valence-corrected chi connectivity index (χ4v) is 7.96. The molecule has 9 rings (SSSR count). The zero-order valence-electron chi connectivity index (χ0n) is 28.3. The van der Waals surface area contributed by atoms with Crippen molar-refractivity contribution >= 4 is 27.8 Å². The van der Waals surface area contributed by atoms with Gasteiger partial charge in [0, 0.05) is 16.8 Å². The van der Waals surface area contributed by atoms with Crippen LogP contribution in [-0.4, -0.2) is 0 Å². The minimum Gasteiger partial charge on any atom is -0.310 e. The minimum absolute atomic E-state index is 0.184. The summed E-state index contributed by atoms with van der Waals surface area (Å²) < 4.78 is 0. The summed E-state index contributed by atoms with van der Waals surface area (Å²) >= 11 is 0. The van der Waals surface area contributed by atoms with Crippen molar-refractivity contribution in [3.63, 3.8) is 0 Å². The zero-order chi connectivity index (χ0) is 33.7. The number of fused-ring (bicyclic) bond motifs is 4. The van der Waals surface area contributed by atoms with Crippen molar-refractivity contribution in [2.24, 2.45) is 0 Å². The van der Waals surface area contributed by atoms with Crippen LogP contribution in [0.2, 0.25) is 0 Å². The molecule has 50 heavy (non-hydrogen) atoms. The Labute approximate surface area is 294 Å². The smallest absolute Gasteiger partial charge is 0.0508 e. The number of rotatable bonds is 6. The second kappa shape index (κ2) is 12.1. The fraction of sp³-hybridized carbons (Fsp3) is 0.0612. The number of nitrogens with zero attached hydrogens (tertiary/aromatic N) is 1. The van der Waals surface area contributed by atoms with E-state index in [2.05, 4.69) is 207 Å². The SMILES string of the molecule is CC1(C)c2ccccc2-c2cccc(N(c3cccc(-c4ccc5ccccc5c4)c3)c3cc(-c4ccccc4)cc(-c4ccccc4)c3)c21. The van der Waals surface area contributed by atoms with Crippen molar-refractivity contribution in [2.75, 3.05) is 4.90 Å². The van der Waals surface area contributed by atoms with Crippen LogP contribution >= 0.6 is 0 Å². The molecule has 1 aliphatic carbocycles. The van der Waals surface area contributed by atoms with Gasteiger partial charge in [-0.25, -0.2) is 0 Å². The first-order chi connectivity index (χ1) is 24.5. The van der Waals surface area contributed by atoms with E-state index in [1.54, 1.807) is 0 Å². The summed E-state index contributed by atoms with van der Waals surface area (Å²) in [5.41, 5.74) is 15.8. The number of hydrogen-bond donors (Lipinski definition) is 0. The highest BCUT2D eigenvalue weighted by atomic mass is 15.1. The van der Waals surface area contributed by atoms with Crippen molar-refractivity contribution in [1.82, 2.24) is 0 Å². The van der Waals surface area contributed by atoms with Crippen molar-refractivity contribution in [3.05, 3.63) is 199 Å². The Bertz CT molecular complexity index is 2450. The van der Waals surface area contributed by atoms with Crippen LogP contribution in [0, 0.1) is 0 Å². The third-order valence-corrected chi connectivity index (χ3v) is 10.4. The Morgan fingerprint density at radius 3 is 1.66 bits per heavy atom. The van der Waals surface area contributed by atoms with E-state index >= 15 is 0 Å². The van der Waals surface area contributed by atoms with Crippen LogP contribution in [0.25, 0.3) is 55.3 Å². The molecule has 0 aromatic heterocycles. The average molecular weight is 640 g/mol. The first kappa shape index (κ1) is 29.9. The van der Waals surface area contributed by atoms with Crippen LogP contribution in [0.15, 0.2) is 188 Å². The molecule has 0 amide bonds. The van der Waals surface area contributed by atoms with Gasteiger partial charge in [-0.2, -0.15) is 0 Å². The lowest BCUT2D eigenvalue weighted by Crippen LogP contribution is -2.20. The maximum absolute atomic E-state index is 2.50. The lowest BCUT2D eigenvalue weighted by atomic mass is 9.81. The van der Waals surface area contributed by atoms with Gasteiger partial charge in [0.15, 0.2) is 0 Å². The van der Waals surface area contributed by atoms with Crippen LogP contribution in [0.5, 0.6) is 0 Å². The topological polar surface area (TPSA) is 3.24 Å². The number of hydrogen-bond acceptors (Lipinski definition) is 1. The highest BCUT2D eigenvalue weighted by Gasteiger charge is 2.38. The van der Waals surface area contributed by atoms with E-state index in [-0.39, 0.29) is 5.41 Å². The van der Waals surface area contributed by atoms with Crippen LogP contribution in [-0.2, 0) is 5.41 Å². The maximum Gasteiger partial charge on any atom is 0.0508 e. The molecule has 238 valence electrons. The van der Waals surface area contributed by atoms with Gasteiger partial charge in [-0.15, -0.1) is 0 Å². The summed E-state index contributed by atoms with van der Waals surface area (Å²) in [5, 5.41) is 2.50. The molecule has 0 fully saturated rings. The van der Waals surface area contributed by atoms with Gasteiger partial charge in [-0.3, -0.25) is 0 Å². The van der Waals surface area contributed by atoms with E-state index in [0.717, 1.165) is 11.4 Å². The Kier molecular flexibility index (Phi) is 7.21. The second-order valence-electron chi connectivity index (χ2n) is 13.8. The van der Waals surface area contributed by atoms with Crippen LogP contribution in [0.4, 0.5) is 17.1 Å². The van der Waals surface area contributed by atoms with Gasteiger partial charge in [-0.1, -0.05) is 159 Å². The van der Waals surface area contributed by atoms with Crippen molar-refractivity contribution in [1.29, 1.82) is 0 Å². The first-order valence-electron chi connectivity index (χ1n) is 17.4. The molecular weight excluding hydrogens is 603 g/mol. The molecule has 0 N–H and O–H groups in total. The van der Waals surface area contributed by atoms with Gasteiger partial charge in [0.25, 0.3) is 0 Å². The molecule has 0 bridgehead atoms. The monoisotopic (exact) mass is 639 g/mol. The summed E-state index contributed by atoms with van der Waals surface area (Å²) in [4.78, 5) is 2.50. The molecule has 0 saturated heterocycles. The summed E-state index contributed by atoms with van der Waals surface area (Å²) in [6.45, 7) is 4.75. The molecule has 1 aliphatic rings. The maximum atomic E-state index is 2.50. The highest BCUT2D eigenvalue weighted by molar-refractivity contribution is 5.93. The van der Waals surface area contributed by atoms with E-state index in [9.17, 15) is 0 Å². The van der Waals surface area contributed by atoms with Gasteiger partial charge in [-0.05, 0) is 109 Å². The van der Waals surface area contributed by atoms with E-state index in [0.29, 0.717) is 0 Å². The predicted octanol–water partition coefficient (Wildman–Crippen LogP) is 13.6. The highest BCUT2D eigenvalue weighted by Crippen LogP contribution is 2.54. The minimum atomic E-state index is -0.184. The lowest BCUT2D eigenvalue weighted by molar-refractivity contribution is 0.661. The van der Waals surface area contributed by atoms with Crippen LogP contribution in [0.1, 0.15) is 25.0 Å². The van der Waals surface area contributed by atoms with E-state index < -0.39 is 0 Å². The molecule has 1 nitrogen and oxygen atoms in total. The molecule has 0 spiro atoms.